The first-order valence-corrected chi connectivity index (χ1v) is 4.73. The largest absolute Gasteiger partial charge is 0.480 e. The highest BCUT2D eigenvalue weighted by molar-refractivity contribution is 7.80. The number of benzene rings is 1. The lowest BCUT2D eigenvalue weighted by molar-refractivity contribution is -0.139. The molecule has 6 heteroatoms. The third-order valence-corrected chi connectivity index (χ3v) is 2.46. The third kappa shape index (κ3) is 2.97. The van der Waals surface area contributed by atoms with Gasteiger partial charge in [0.05, 0.1) is 10.0 Å². The highest BCUT2D eigenvalue weighted by atomic mass is 35.5. The Labute approximate surface area is 96.0 Å². The summed E-state index contributed by atoms with van der Waals surface area (Å²) < 4.78 is 4.88. The second kappa shape index (κ2) is 4.77. The zero-order valence-corrected chi connectivity index (χ0v) is 9.23. The van der Waals surface area contributed by atoms with Crippen LogP contribution in [-0.2, 0) is 4.79 Å². The topological polar surface area (TPSA) is 46.5 Å². The Kier molecular flexibility index (Phi) is 3.92. The van der Waals surface area contributed by atoms with Crippen molar-refractivity contribution in [2.24, 2.45) is 0 Å². The van der Waals surface area contributed by atoms with Crippen molar-refractivity contribution in [1.82, 2.24) is 0 Å². The Hall–Kier alpha value is -0.580. The van der Waals surface area contributed by atoms with Gasteiger partial charge in [0.15, 0.2) is 6.61 Å². The molecule has 76 valence electrons. The Morgan fingerprint density at radius 3 is 2.64 bits per heavy atom. The number of carboxylic acids is 1. The fraction of sp³-hybridized carbons (Fsp3) is 0.125. The summed E-state index contributed by atoms with van der Waals surface area (Å²) >= 11 is 15.5. The summed E-state index contributed by atoms with van der Waals surface area (Å²) in [6, 6.07) is 2.92. The second-order valence-electron chi connectivity index (χ2n) is 2.42. The minimum absolute atomic E-state index is 0.233. The molecule has 0 atom stereocenters. The minimum atomic E-state index is -1.08. The molecule has 0 unspecified atom stereocenters. The molecular formula is C8H6Cl2O3S. The van der Waals surface area contributed by atoms with Crippen LogP contribution in [0.5, 0.6) is 5.75 Å². The molecule has 1 rings (SSSR count). The number of hydrogen-bond donors (Lipinski definition) is 2. The maximum absolute atomic E-state index is 10.2. The van der Waals surface area contributed by atoms with Crippen LogP contribution in [0.25, 0.3) is 0 Å². The molecule has 0 aliphatic carbocycles. The Bertz CT molecular complexity index is 368. The van der Waals surface area contributed by atoms with Gasteiger partial charge in [0.1, 0.15) is 5.75 Å². The van der Waals surface area contributed by atoms with E-state index in [0.29, 0.717) is 9.92 Å². The predicted octanol–water partition coefficient (Wildman–Crippen LogP) is 2.75. The molecular weight excluding hydrogens is 247 g/mol. The molecule has 1 aromatic carbocycles. The van der Waals surface area contributed by atoms with Crippen LogP contribution < -0.4 is 4.74 Å². The van der Waals surface area contributed by atoms with Gasteiger partial charge in [-0.1, -0.05) is 23.2 Å². The molecule has 14 heavy (non-hydrogen) atoms. The molecule has 0 fully saturated rings. The van der Waals surface area contributed by atoms with Crippen molar-refractivity contribution in [1.29, 1.82) is 0 Å². The van der Waals surface area contributed by atoms with Crippen molar-refractivity contribution >= 4 is 41.8 Å². The average Bonchev–Trinajstić information content (AvgIpc) is 2.09. The van der Waals surface area contributed by atoms with Gasteiger partial charge in [-0.3, -0.25) is 0 Å². The maximum Gasteiger partial charge on any atom is 0.341 e. The van der Waals surface area contributed by atoms with Crippen LogP contribution in [0.15, 0.2) is 17.0 Å². The van der Waals surface area contributed by atoms with E-state index in [1.54, 1.807) is 0 Å². The van der Waals surface area contributed by atoms with Crippen molar-refractivity contribution in [3.63, 3.8) is 0 Å². The van der Waals surface area contributed by atoms with Gasteiger partial charge >= 0.3 is 5.97 Å². The number of aliphatic carboxylic acids is 1. The minimum Gasteiger partial charge on any atom is -0.480 e. The summed E-state index contributed by atoms with van der Waals surface area (Å²) in [5.41, 5.74) is 0. The molecule has 0 radical (unpaired) electrons. The second-order valence-corrected chi connectivity index (χ2v) is 3.71. The molecule has 0 amide bonds. The normalized spacial score (nSPS) is 9.93. The van der Waals surface area contributed by atoms with Crippen LogP contribution in [0.1, 0.15) is 0 Å². The van der Waals surface area contributed by atoms with Crippen LogP contribution in [0.3, 0.4) is 0 Å². The van der Waals surface area contributed by atoms with E-state index in [1.165, 1.54) is 12.1 Å². The molecule has 0 heterocycles. The first kappa shape index (κ1) is 11.5. The van der Waals surface area contributed by atoms with Gasteiger partial charge in [0, 0.05) is 11.0 Å². The number of halogens is 2. The number of thiol groups is 1. The summed E-state index contributed by atoms with van der Waals surface area (Å²) in [6.07, 6.45) is 0. The van der Waals surface area contributed by atoms with Gasteiger partial charge in [-0.2, -0.15) is 0 Å². The summed E-state index contributed by atoms with van der Waals surface area (Å²) in [5.74, 6) is -0.844. The third-order valence-electron chi connectivity index (χ3n) is 1.35. The van der Waals surface area contributed by atoms with E-state index in [4.69, 9.17) is 33.0 Å². The molecule has 3 nitrogen and oxygen atoms in total. The first-order chi connectivity index (χ1) is 6.50. The lowest BCUT2D eigenvalue weighted by Gasteiger charge is -2.07. The first-order valence-electron chi connectivity index (χ1n) is 3.53. The molecule has 1 N–H and O–H groups in total. The van der Waals surface area contributed by atoms with Gasteiger partial charge in [0.2, 0.25) is 0 Å². The lowest BCUT2D eigenvalue weighted by atomic mass is 10.3. The number of hydrogen-bond acceptors (Lipinski definition) is 3. The molecule has 0 saturated carbocycles. The molecule has 0 spiro atoms. The van der Waals surface area contributed by atoms with Crippen molar-refractivity contribution in [3.05, 3.63) is 22.2 Å². The fourth-order valence-electron chi connectivity index (χ4n) is 0.768. The number of ether oxygens (including phenoxy) is 1. The van der Waals surface area contributed by atoms with Crippen LogP contribution in [0.4, 0.5) is 0 Å². The lowest BCUT2D eigenvalue weighted by Crippen LogP contribution is -2.09. The van der Waals surface area contributed by atoms with Gasteiger partial charge in [-0.25, -0.2) is 4.79 Å². The quantitative estimate of drug-likeness (QED) is 0.814. The number of rotatable bonds is 3. The molecule has 0 bridgehead atoms. The fourth-order valence-corrected chi connectivity index (χ4v) is 1.41. The van der Waals surface area contributed by atoms with Crippen molar-refractivity contribution in [2.75, 3.05) is 6.61 Å². The Balaban J connectivity index is 2.87. The van der Waals surface area contributed by atoms with E-state index in [2.05, 4.69) is 12.6 Å². The SMILES string of the molecule is O=C(O)COc1cc(Cl)c(S)cc1Cl. The van der Waals surface area contributed by atoms with Crippen LogP contribution >= 0.6 is 35.8 Å². The van der Waals surface area contributed by atoms with E-state index in [1.807, 2.05) is 0 Å². The van der Waals surface area contributed by atoms with Gasteiger partial charge in [-0.15, -0.1) is 12.6 Å². The standard InChI is InChI=1S/C8H6Cl2O3S/c9-4-2-7(14)5(10)1-6(4)13-3-8(11)12/h1-2,14H,3H2,(H,11,12). The van der Waals surface area contributed by atoms with E-state index in [-0.39, 0.29) is 10.8 Å². The average molecular weight is 253 g/mol. The molecule has 0 aliphatic rings. The maximum atomic E-state index is 10.2. The molecule has 0 aliphatic heterocycles. The number of carboxylic acid groups (broad SMARTS) is 1. The molecule has 0 aromatic heterocycles. The highest BCUT2D eigenvalue weighted by Gasteiger charge is 2.07. The molecule has 0 saturated heterocycles. The van der Waals surface area contributed by atoms with Crippen LogP contribution in [-0.4, -0.2) is 17.7 Å². The van der Waals surface area contributed by atoms with Crippen molar-refractivity contribution in [3.8, 4) is 5.75 Å². The zero-order chi connectivity index (χ0) is 10.7. The van der Waals surface area contributed by atoms with E-state index >= 15 is 0 Å². The van der Waals surface area contributed by atoms with Gasteiger partial charge in [0.25, 0.3) is 0 Å². The van der Waals surface area contributed by atoms with Crippen molar-refractivity contribution < 1.29 is 14.6 Å². The van der Waals surface area contributed by atoms with Gasteiger partial charge < -0.3 is 9.84 Å². The van der Waals surface area contributed by atoms with Crippen molar-refractivity contribution in [2.45, 2.75) is 4.90 Å². The number of carbonyl (C=O) groups is 1. The van der Waals surface area contributed by atoms with E-state index in [9.17, 15) is 4.79 Å². The van der Waals surface area contributed by atoms with Crippen LogP contribution in [0.2, 0.25) is 10.0 Å². The monoisotopic (exact) mass is 252 g/mol. The summed E-state index contributed by atoms with van der Waals surface area (Å²) in [5, 5.41) is 9.01. The Morgan fingerprint density at radius 1 is 1.43 bits per heavy atom. The van der Waals surface area contributed by atoms with E-state index < -0.39 is 12.6 Å². The smallest absolute Gasteiger partial charge is 0.341 e. The van der Waals surface area contributed by atoms with Gasteiger partial charge in [-0.05, 0) is 6.07 Å². The summed E-state index contributed by atoms with van der Waals surface area (Å²) in [7, 11) is 0. The molecule has 1 aromatic rings. The predicted molar refractivity (Wildman–Crippen MR) is 56.8 cm³/mol. The zero-order valence-electron chi connectivity index (χ0n) is 6.83. The highest BCUT2D eigenvalue weighted by Crippen LogP contribution is 2.32. The Morgan fingerprint density at radius 2 is 2.07 bits per heavy atom. The summed E-state index contributed by atoms with van der Waals surface area (Å²) in [4.78, 5) is 10.7. The van der Waals surface area contributed by atoms with Crippen LogP contribution in [0, 0.1) is 0 Å². The van der Waals surface area contributed by atoms with E-state index in [0.717, 1.165) is 0 Å². The summed E-state index contributed by atoms with van der Waals surface area (Å²) in [6.45, 7) is -0.456.